The average Bonchev–Trinajstić information content (AvgIpc) is 3.42. The summed E-state index contributed by atoms with van der Waals surface area (Å²) in [5.41, 5.74) is 0. The van der Waals surface area contributed by atoms with Crippen LogP contribution in [0, 0.1) is 0 Å². The molecular weight excluding hydrogens is 955 g/mol. The van der Waals surface area contributed by atoms with Gasteiger partial charge in [-0.2, -0.15) is 0 Å². The fourth-order valence-corrected chi connectivity index (χ4v) is 9.81. The summed E-state index contributed by atoms with van der Waals surface area (Å²) in [5.74, 6) is -0.207. The molecule has 0 radical (unpaired) electrons. The Morgan fingerprint density at radius 1 is 0.487 bits per heavy atom. The lowest BCUT2D eigenvalue weighted by Gasteiger charge is -2.40. The Hall–Kier alpha value is -2.38. The third-order valence-electron chi connectivity index (χ3n) is 14.9. The molecule has 1 rings (SSSR count). The summed E-state index contributed by atoms with van der Waals surface area (Å²) in [6, 6.07) is -0.818. The summed E-state index contributed by atoms with van der Waals surface area (Å²) in [5, 5.41) is 54.4. The van der Waals surface area contributed by atoms with Crippen LogP contribution < -0.4 is 5.32 Å². The van der Waals surface area contributed by atoms with E-state index in [-0.39, 0.29) is 18.5 Å². The lowest BCUT2D eigenvalue weighted by atomic mass is 9.99. The van der Waals surface area contributed by atoms with E-state index in [1.165, 1.54) is 180 Å². The zero-order chi connectivity index (χ0) is 55.2. The minimum atomic E-state index is -1.57. The third kappa shape index (κ3) is 43.5. The van der Waals surface area contributed by atoms with Gasteiger partial charge in [-0.15, -0.1) is 0 Å². The molecule has 7 unspecified atom stereocenters. The Kier molecular flexibility index (Phi) is 51.4. The molecule has 444 valence electrons. The molecule has 0 aromatic heterocycles. The first-order valence-corrected chi connectivity index (χ1v) is 31.9. The lowest BCUT2D eigenvalue weighted by molar-refractivity contribution is -0.302. The van der Waals surface area contributed by atoms with E-state index in [0.29, 0.717) is 19.4 Å². The summed E-state index contributed by atoms with van der Waals surface area (Å²) in [7, 11) is 0. The minimum Gasteiger partial charge on any atom is -0.466 e. The molecule has 1 aliphatic heterocycles. The highest BCUT2D eigenvalue weighted by Crippen LogP contribution is 2.23. The summed E-state index contributed by atoms with van der Waals surface area (Å²) in [4.78, 5) is 25.1. The van der Waals surface area contributed by atoms with Crippen LogP contribution >= 0.6 is 0 Å². The van der Waals surface area contributed by atoms with Crippen LogP contribution in [0.1, 0.15) is 290 Å². The standard InChI is InChI=1S/C65H119NO10/c1-3-5-7-9-11-13-15-28-31-35-39-43-47-51-58(68)57(56-75-65-64(73)63(72)62(71)59(55-67)76-65)66-60(69)52-48-44-40-36-32-29-26-24-22-20-18-17-19-21-23-25-27-30-34-38-42-46-50-54-74-61(70)53-49-45-41-37-33-16-14-12-10-8-6-4-2/h12,14,17,19-20,22,47,51,57-59,62-65,67-68,71-73H,3-11,13,15-16,18,21,23-46,48-50,52-56H2,1-2H3,(H,66,69)/b14-12-,19-17-,22-20-,51-47+. The number of hydrogen-bond donors (Lipinski definition) is 6. The van der Waals surface area contributed by atoms with Gasteiger partial charge in [0.2, 0.25) is 5.91 Å². The van der Waals surface area contributed by atoms with Crippen molar-refractivity contribution in [3.63, 3.8) is 0 Å². The molecule has 6 N–H and O–H groups in total. The number of carbonyl (C=O) groups excluding carboxylic acids is 2. The number of carbonyl (C=O) groups is 2. The van der Waals surface area contributed by atoms with Gasteiger partial charge in [0.25, 0.3) is 0 Å². The van der Waals surface area contributed by atoms with Crippen LogP contribution in [0.25, 0.3) is 0 Å². The summed E-state index contributed by atoms with van der Waals surface area (Å²) >= 11 is 0. The maximum atomic E-state index is 13.0. The molecule has 0 bridgehead atoms. The van der Waals surface area contributed by atoms with Crippen molar-refractivity contribution in [1.82, 2.24) is 5.32 Å². The van der Waals surface area contributed by atoms with Crippen molar-refractivity contribution in [2.75, 3.05) is 19.8 Å². The molecule has 1 fully saturated rings. The molecule has 0 aromatic rings. The fourth-order valence-electron chi connectivity index (χ4n) is 9.81. The van der Waals surface area contributed by atoms with Crippen molar-refractivity contribution in [3.05, 3.63) is 48.6 Å². The predicted octanol–water partition coefficient (Wildman–Crippen LogP) is 15.2. The number of hydrogen-bond acceptors (Lipinski definition) is 10. The molecule has 0 aliphatic carbocycles. The Balaban J connectivity index is 2.07. The number of amides is 1. The summed E-state index contributed by atoms with van der Waals surface area (Å²) < 4.78 is 16.7. The van der Waals surface area contributed by atoms with Crippen molar-refractivity contribution in [1.29, 1.82) is 0 Å². The highest BCUT2D eigenvalue weighted by Gasteiger charge is 2.44. The van der Waals surface area contributed by atoms with Gasteiger partial charge < -0.3 is 45.1 Å². The Morgan fingerprint density at radius 2 is 0.882 bits per heavy atom. The second-order valence-corrected chi connectivity index (χ2v) is 22.1. The molecule has 1 heterocycles. The zero-order valence-electron chi connectivity index (χ0n) is 49.0. The van der Waals surface area contributed by atoms with Crippen molar-refractivity contribution < 1.29 is 49.3 Å². The molecule has 0 saturated carbocycles. The topological polar surface area (TPSA) is 175 Å². The summed E-state index contributed by atoms with van der Waals surface area (Å²) in [6.07, 6.45) is 59.2. The van der Waals surface area contributed by atoms with E-state index in [9.17, 15) is 35.1 Å². The van der Waals surface area contributed by atoms with Gasteiger partial charge in [-0.25, -0.2) is 0 Å². The van der Waals surface area contributed by atoms with Crippen molar-refractivity contribution >= 4 is 11.9 Å². The Labute approximate surface area is 466 Å². The van der Waals surface area contributed by atoms with Crippen LogP contribution in [0.5, 0.6) is 0 Å². The van der Waals surface area contributed by atoms with Crippen LogP contribution in [-0.4, -0.2) is 100 Å². The first-order chi connectivity index (χ1) is 37.2. The van der Waals surface area contributed by atoms with Gasteiger partial charge in [0.15, 0.2) is 6.29 Å². The van der Waals surface area contributed by atoms with Gasteiger partial charge in [-0.3, -0.25) is 9.59 Å². The highest BCUT2D eigenvalue weighted by molar-refractivity contribution is 5.76. The number of aliphatic hydroxyl groups excluding tert-OH is 5. The normalized spacial score (nSPS) is 19.0. The van der Waals surface area contributed by atoms with E-state index < -0.39 is 49.5 Å². The largest absolute Gasteiger partial charge is 0.466 e. The van der Waals surface area contributed by atoms with Gasteiger partial charge in [0.05, 0.1) is 32.0 Å². The molecular formula is C65H119NO10. The maximum absolute atomic E-state index is 13.0. The van der Waals surface area contributed by atoms with Gasteiger partial charge in [-0.1, -0.05) is 236 Å². The number of aliphatic hydroxyl groups is 5. The van der Waals surface area contributed by atoms with Crippen molar-refractivity contribution in [2.24, 2.45) is 0 Å². The van der Waals surface area contributed by atoms with E-state index in [2.05, 4.69) is 55.6 Å². The number of ether oxygens (including phenoxy) is 3. The number of unbranched alkanes of at least 4 members (excludes halogenated alkanes) is 35. The smallest absolute Gasteiger partial charge is 0.305 e. The molecule has 76 heavy (non-hydrogen) atoms. The third-order valence-corrected chi connectivity index (χ3v) is 14.9. The van der Waals surface area contributed by atoms with Crippen LogP contribution in [0.3, 0.4) is 0 Å². The van der Waals surface area contributed by atoms with Gasteiger partial charge in [-0.05, 0) is 89.9 Å². The minimum absolute atomic E-state index is 0.0152. The molecule has 11 nitrogen and oxygen atoms in total. The van der Waals surface area contributed by atoms with Crippen LogP contribution in [0.4, 0.5) is 0 Å². The van der Waals surface area contributed by atoms with Gasteiger partial charge in [0, 0.05) is 12.8 Å². The fraction of sp³-hybridized carbons (Fsp3) is 0.846. The number of allylic oxidation sites excluding steroid dienone is 7. The zero-order valence-corrected chi connectivity index (χ0v) is 49.0. The van der Waals surface area contributed by atoms with E-state index >= 15 is 0 Å². The second kappa shape index (κ2) is 54.6. The number of nitrogens with one attached hydrogen (secondary N) is 1. The first-order valence-electron chi connectivity index (χ1n) is 31.9. The number of esters is 1. The predicted molar refractivity (Wildman–Crippen MR) is 315 cm³/mol. The highest BCUT2D eigenvalue weighted by atomic mass is 16.7. The molecule has 1 saturated heterocycles. The van der Waals surface area contributed by atoms with E-state index in [0.717, 1.165) is 83.5 Å². The van der Waals surface area contributed by atoms with Crippen molar-refractivity contribution in [2.45, 2.75) is 333 Å². The van der Waals surface area contributed by atoms with E-state index in [4.69, 9.17) is 14.2 Å². The molecule has 11 heteroatoms. The van der Waals surface area contributed by atoms with Crippen molar-refractivity contribution in [3.8, 4) is 0 Å². The summed E-state index contributed by atoms with van der Waals surface area (Å²) in [6.45, 7) is 4.31. The van der Waals surface area contributed by atoms with Crippen LogP contribution in [0.15, 0.2) is 48.6 Å². The monoisotopic (exact) mass is 1070 g/mol. The average molecular weight is 1070 g/mol. The molecule has 1 aliphatic rings. The SMILES string of the molecule is CCCCC/C=C\CCCCCCCC(=O)OCCCCCCCCCCC/C=C\C/C=C\CCCCCCCCCC(=O)NC(COC1OC(CO)C(O)C(O)C1O)C(O)/C=C/CCCCCCCCCCCCC. The molecule has 7 atom stereocenters. The second-order valence-electron chi connectivity index (χ2n) is 22.1. The molecule has 1 amide bonds. The van der Waals surface area contributed by atoms with Crippen LogP contribution in [-0.2, 0) is 23.8 Å². The Bertz CT molecular complexity index is 1400. The molecule has 0 spiro atoms. The number of rotatable bonds is 55. The lowest BCUT2D eigenvalue weighted by Crippen LogP contribution is -2.60. The molecule has 0 aromatic carbocycles. The van der Waals surface area contributed by atoms with Crippen LogP contribution in [0.2, 0.25) is 0 Å². The van der Waals surface area contributed by atoms with E-state index in [1.807, 2.05) is 6.08 Å². The first kappa shape index (κ1) is 71.6. The van der Waals surface area contributed by atoms with E-state index in [1.54, 1.807) is 6.08 Å². The van der Waals surface area contributed by atoms with Gasteiger partial charge >= 0.3 is 5.97 Å². The van der Waals surface area contributed by atoms with Gasteiger partial charge in [0.1, 0.15) is 24.4 Å². The maximum Gasteiger partial charge on any atom is 0.305 e. The quantitative estimate of drug-likeness (QED) is 0.0195. The Morgan fingerprint density at radius 3 is 1.37 bits per heavy atom.